The lowest BCUT2D eigenvalue weighted by atomic mass is 10.1. The monoisotopic (exact) mass is 291 g/mol. The molecule has 116 valence electrons. The van der Waals surface area contributed by atoms with E-state index in [9.17, 15) is 0 Å². The number of furan rings is 1. The second-order valence-electron chi connectivity index (χ2n) is 5.22. The van der Waals surface area contributed by atoms with Gasteiger partial charge in [-0.15, -0.1) is 0 Å². The Morgan fingerprint density at radius 2 is 2.14 bits per heavy atom. The highest BCUT2D eigenvalue weighted by atomic mass is 16.5. The van der Waals surface area contributed by atoms with Crippen LogP contribution in [0.15, 0.2) is 28.7 Å². The van der Waals surface area contributed by atoms with Gasteiger partial charge in [0.15, 0.2) is 0 Å². The van der Waals surface area contributed by atoms with E-state index in [0.29, 0.717) is 19.8 Å². The lowest BCUT2D eigenvalue weighted by Crippen LogP contribution is -2.26. The number of ether oxygens (including phenoxy) is 2. The smallest absolute Gasteiger partial charge is 0.137 e. The van der Waals surface area contributed by atoms with E-state index < -0.39 is 0 Å². The minimum Gasteiger partial charge on any atom is -0.459 e. The van der Waals surface area contributed by atoms with Gasteiger partial charge in [-0.25, -0.2) is 0 Å². The third-order valence-corrected chi connectivity index (χ3v) is 3.46. The summed E-state index contributed by atoms with van der Waals surface area (Å²) >= 11 is 0. The Balaban J connectivity index is 2.11. The largest absolute Gasteiger partial charge is 0.459 e. The first-order chi connectivity index (χ1) is 10.3. The number of methoxy groups -OCH3 is 1. The summed E-state index contributed by atoms with van der Waals surface area (Å²) in [7, 11) is 1.68. The maximum atomic E-state index is 6.04. The van der Waals surface area contributed by atoms with Gasteiger partial charge >= 0.3 is 0 Å². The molecule has 2 aromatic rings. The molecular weight excluding hydrogens is 266 g/mol. The molecule has 0 saturated heterocycles. The van der Waals surface area contributed by atoms with Crippen molar-refractivity contribution in [2.75, 3.05) is 33.5 Å². The summed E-state index contributed by atoms with van der Waals surface area (Å²) in [6.07, 6.45) is 1.08. The third kappa shape index (κ3) is 4.30. The Morgan fingerprint density at radius 1 is 1.29 bits per heavy atom. The molecule has 1 N–H and O–H groups in total. The molecule has 2 rings (SSSR count). The SMILES string of the molecule is CCCNC(COCCOC)c1cc2cccc(C)c2o1. The average Bonchev–Trinajstić information content (AvgIpc) is 2.92. The summed E-state index contributed by atoms with van der Waals surface area (Å²) in [5, 5.41) is 4.63. The third-order valence-electron chi connectivity index (χ3n) is 3.46. The van der Waals surface area contributed by atoms with E-state index in [2.05, 4.69) is 43.4 Å². The average molecular weight is 291 g/mol. The lowest BCUT2D eigenvalue weighted by molar-refractivity contribution is 0.0557. The number of benzene rings is 1. The predicted molar refractivity (Wildman–Crippen MR) is 84.7 cm³/mol. The maximum Gasteiger partial charge on any atom is 0.137 e. The molecule has 0 fully saturated rings. The number of nitrogens with one attached hydrogen (secondary N) is 1. The zero-order valence-electron chi connectivity index (χ0n) is 13.1. The van der Waals surface area contributed by atoms with E-state index in [1.54, 1.807) is 7.11 Å². The molecule has 4 heteroatoms. The van der Waals surface area contributed by atoms with Crippen molar-refractivity contribution in [2.24, 2.45) is 0 Å². The second kappa shape index (κ2) is 8.17. The molecule has 0 bridgehead atoms. The molecule has 1 unspecified atom stereocenters. The van der Waals surface area contributed by atoms with Gasteiger partial charge in [-0.05, 0) is 31.5 Å². The fraction of sp³-hybridized carbons (Fsp3) is 0.529. The molecule has 0 aliphatic rings. The molecule has 1 heterocycles. The van der Waals surface area contributed by atoms with Gasteiger partial charge in [0, 0.05) is 12.5 Å². The molecule has 0 radical (unpaired) electrons. The molecule has 21 heavy (non-hydrogen) atoms. The number of rotatable bonds is 9. The molecule has 0 aliphatic heterocycles. The van der Waals surface area contributed by atoms with Crippen LogP contribution in [-0.4, -0.2) is 33.5 Å². The first-order valence-corrected chi connectivity index (χ1v) is 7.55. The van der Waals surface area contributed by atoms with Crippen LogP contribution < -0.4 is 5.32 Å². The van der Waals surface area contributed by atoms with Crippen molar-refractivity contribution in [1.29, 1.82) is 0 Å². The van der Waals surface area contributed by atoms with Crippen LogP contribution in [0.25, 0.3) is 11.0 Å². The first-order valence-electron chi connectivity index (χ1n) is 7.55. The summed E-state index contributed by atoms with van der Waals surface area (Å²) in [6.45, 7) is 6.95. The number of aryl methyl sites for hydroxylation is 1. The molecule has 1 aromatic heterocycles. The molecule has 0 spiro atoms. The van der Waals surface area contributed by atoms with Crippen molar-refractivity contribution in [2.45, 2.75) is 26.3 Å². The van der Waals surface area contributed by atoms with Crippen molar-refractivity contribution in [1.82, 2.24) is 5.32 Å². The first kappa shape index (κ1) is 16.0. The number of hydrogen-bond donors (Lipinski definition) is 1. The Hall–Kier alpha value is -1.36. The quantitative estimate of drug-likeness (QED) is 0.719. The van der Waals surface area contributed by atoms with Crippen molar-refractivity contribution < 1.29 is 13.9 Å². The van der Waals surface area contributed by atoms with Crippen LogP contribution in [0.4, 0.5) is 0 Å². The Bertz CT molecular complexity index is 550. The van der Waals surface area contributed by atoms with E-state index >= 15 is 0 Å². The summed E-state index contributed by atoms with van der Waals surface area (Å²) in [5.41, 5.74) is 2.13. The highest BCUT2D eigenvalue weighted by Gasteiger charge is 2.16. The summed E-state index contributed by atoms with van der Waals surface area (Å²) in [6, 6.07) is 8.39. The van der Waals surface area contributed by atoms with E-state index in [-0.39, 0.29) is 6.04 Å². The van der Waals surface area contributed by atoms with Gasteiger partial charge < -0.3 is 19.2 Å². The van der Waals surface area contributed by atoms with Crippen LogP contribution in [-0.2, 0) is 9.47 Å². The Morgan fingerprint density at radius 3 is 2.86 bits per heavy atom. The van der Waals surface area contributed by atoms with Gasteiger partial charge in [-0.3, -0.25) is 0 Å². The summed E-state index contributed by atoms with van der Waals surface area (Å²) < 4.78 is 16.7. The Kier molecular flexibility index (Phi) is 6.23. The van der Waals surface area contributed by atoms with Crippen LogP contribution in [0.2, 0.25) is 0 Å². The van der Waals surface area contributed by atoms with E-state index in [0.717, 1.165) is 35.3 Å². The minimum atomic E-state index is 0.0774. The van der Waals surface area contributed by atoms with Gasteiger partial charge in [-0.2, -0.15) is 0 Å². The van der Waals surface area contributed by atoms with Gasteiger partial charge in [0.2, 0.25) is 0 Å². The number of hydrogen-bond acceptors (Lipinski definition) is 4. The topological polar surface area (TPSA) is 43.6 Å². The maximum absolute atomic E-state index is 6.04. The molecule has 0 saturated carbocycles. The zero-order valence-corrected chi connectivity index (χ0v) is 13.1. The minimum absolute atomic E-state index is 0.0774. The van der Waals surface area contributed by atoms with Crippen LogP contribution in [0, 0.1) is 6.92 Å². The number of fused-ring (bicyclic) bond motifs is 1. The standard InChI is InChI=1S/C17H25NO3/c1-4-8-18-15(12-20-10-9-19-3)16-11-14-7-5-6-13(2)17(14)21-16/h5-7,11,15,18H,4,8-10,12H2,1-3H3. The van der Waals surface area contributed by atoms with Crippen molar-refractivity contribution in [3.05, 3.63) is 35.6 Å². The second-order valence-corrected chi connectivity index (χ2v) is 5.22. The summed E-state index contributed by atoms with van der Waals surface area (Å²) in [5.74, 6) is 0.935. The molecular formula is C17H25NO3. The van der Waals surface area contributed by atoms with Crippen LogP contribution in [0.1, 0.15) is 30.7 Å². The van der Waals surface area contributed by atoms with Gasteiger partial charge in [-0.1, -0.05) is 25.1 Å². The fourth-order valence-electron chi connectivity index (χ4n) is 2.30. The van der Waals surface area contributed by atoms with Gasteiger partial charge in [0.1, 0.15) is 11.3 Å². The predicted octanol–water partition coefficient (Wildman–Crippen LogP) is 3.44. The number of para-hydroxylation sites is 1. The van der Waals surface area contributed by atoms with E-state index in [4.69, 9.17) is 13.9 Å². The lowest BCUT2D eigenvalue weighted by Gasteiger charge is -2.16. The fourth-order valence-corrected chi connectivity index (χ4v) is 2.30. The summed E-state index contributed by atoms with van der Waals surface area (Å²) in [4.78, 5) is 0. The van der Waals surface area contributed by atoms with Crippen LogP contribution in [0.5, 0.6) is 0 Å². The highest BCUT2D eigenvalue weighted by molar-refractivity contribution is 5.81. The molecule has 4 nitrogen and oxygen atoms in total. The van der Waals surface area contributed by atoms with E-state index in [1.165, 1.54) is 0 Å². The van der Waals surface area contributed by atoms with Gasteiger partial charge in [0.25, 0.3) is 0 Å². The zero-order chi connectivity index (χ0) is 15.1. The van der Waals surface area contributed by atoms with Crippen molar-refractivity contribution in [3.63, 3.8) is 0 Å². The normalized spacial score (nSPS) is 12.9. The highest BCUT2D eigenvalue weighted by Crippen LogP contribution is 2.26. The van der Waals surface area contributed by atoms with E-state index in [1.807, 2.05) is 0 Å². The molecule has 0 amide bonds. The molecule has 0 aliphatic carbocycles. The van der Waals surface area contributed by atoms with Crippen LogP contribution >= 0.6 is 0 Å². The molecule has 1 aromatic carbocycles. The Labute approximate surface area is 126 Å². The van der Waals surface area contributed by atoms with Crippen molar-refractivity contribution in [3.8, 4) is 0 Å². The van der Waals surface area contributed by atoms with Gasteiger partial charge in [0.05, 0.1) is 25.9 Å². The van der Waals surface area contributed by atoms with Crippen molar-refractivity contribution >= 4 is 11.0 Å². The van der Waals surface area contributed by atoms with Crippen LogP contribution in [0.3, 0.4) is 0 Å². The molecule has 1 atom stereocenters.